The summed E-state index contributed by atoms with van der Waals surface area (Å²) in [6, 6.07) is 53.3. The van der Waals surface area contributed by atoms with E-state index in [0.717, 1.165) is 140 Å². The average Bonchev–Trinajstić information content (AvgIpc) is 0.983. The number of ether oxygens (including phenoxy) is 4. The standard InChI is InChI=1S/C21H20N4O.C17H11FN2O.C13H12O3.C12H13NO2.C11H10O.C10H8O2.C7H8O3S.C5H5FN2.C3H6O3.C3H8O.4CH4.CH3.BrH.Mg.Na.H/c26-21-13-19(17-5-4-15-2-1-3-16(15)12-17)23-20-7-6-18(14-25(20)21)24-10-8-22-9-11-24;18-14-6-7-16-19-15(9-17(21)20(16)10-14)13-5-4-11-2-1-3-12(11)8-13;1-16-13(15)8-12(14)11-6-5-9-3-2-4-10(9)7-11;1-13(15-2)12(14)11-7-6-9-4-3-5-10(9)8-11;1-8(12)10-6-5-9-3-2-4-11(9)7-10;11-10(12)9-5-4-7-2-1-3-8(7)6-9;1-6-2-4-7(5-3-6)11(8,9)10;6-4-1-2-5(7)8-3-4;1-5-3(4)6-2;1-3-4-2;;;;;;;;;/h1,3-7,12-14,22H,2,8-11H2;1,3-10H,2H2;2,4-7H,3,8H2,1H3;3,5-8H,4H2,1-2H3;2,4-7H,3H2,1H3;1,3-6H,2H2,(H,11,12);2-5H,1H3,(H,8,9,10);1-3H,(H2,7,8);1-2H3;3H2,1-2H3;4*1H4;1H3;1H;;;/q;;;;;;;;;;;;;;-1;;+2;+1;-1/p-1. The number of hydrogen-bond donors (Lipinski definition) is 4. The van der Waals surface area contributed by atoms with Crippen LogP contribution in [0.1, 0.15) is 165 Å². The summed E-state index contributed by atoms with van der Waals surface area (Å²) >= 11 is 0. The molecule has 12 aromatic rings. The number of methoxy groups -OCH3 is 4. The molecule has 0 bridgehead atoms. The number of carboxylic acids is 1. The van der Waals surface area contributed by atoms with Crippen molar-refractivity contribution in [3.05, 3.63) is 371 Å². The molecule has 26 nitrogen and oxygen atoms in total. The van der Waals surface area contributed by atoms with Crippen molar-refractivity contribution in [2.24, 2.45) is 0 Å². The minimum Gasteiger partial charge on any atom is -1.00 e. The van der Waals surface area contributed by atoms with E-state index in [1.807, 2.05) is 117 Å². The number of ketones is 2. The number of fused-ring (bicyclic) bond motifs is 8. The molecule has 139 heavy (non-hydrogen) atoms. The number of anilines is 2. The molecule has 1 saturated heterocycles. The minimum absolute atomic E-state index is 0. The molecule has 0 saturated carbocycles. The van der Waals surface area contributed by atoms with Crippen LogP contribution in [0, 0.1) is 26.0 Å². The van der Waals surface area contributed by atoms with Gasteiger partial charge in [0.2, 0.25) is 0 Å². The van der Waals surface area contributed by atoms with Crippen LogP contribution >= 0.6 is 0 Å². The first-order chi connectivity index (χ1) is 63.0. The van der Waals surface area contributed by atoms with E-state index >= 15 is 0 Å². The van der Waals surface area contributed by atoms with Crippen molar-refractivity contribution in [1.82, 2.24) is 34.1 Å². The molecule has 0 atom stereocenters. The zero-order chi connectivity index (χ0) is 94.3. The van der Waals surface area contributed by atoms with Crippen molar-refractivity contribution >= 4 is 128 Å². The van der Waals surface area contributed by atoms with E-state index in [2.05, 4.69) is 118 Å². The number of aryl methyl sites for hydroxylation is 1. The number of nitrogen functional groups attached to an aromatic ring is 1. The number of Topliss-reactive ketones (excluding diaryl/α,β-unsaturated/α-hetero) is 2. The van der Waals surface area contributed by atoms with Crippen LogP contribution in [0.5, 0.6) is 0 Å². The van der Waals surface area contributed by atoms with Crippen molar-refractivity contribution in [3.8, 4) is 22.5 Å². The molecule has 1 aliphatic heterocycles. The van der Waals surface area contributed by atoms with Gasteiger partial charge in [0, 0.05) is 99.3 Å². The number of carbonyl (C=O) groups excluding carboxylic acids is 5. The second-order valence-electron chi connectivity index (χ2n) is 30.0. The molecular formula is C107H121BrF2MgN9NaO17S. The fraction of sp³-hybridized carbons (Fsp3) is 0.234. The van der Waals surface area contributed by atoms with Gasteiger partial charge in [-0.2, -0.15) is 8.42 Å². The monoisotopic (exact) mass is 2000 g/mol. The zero-order valence-electron chi connectivity index (χ0n) is 77.9. The molecule has 5 aromatic heterocycles. The van der Waals surface area contributed by atoms with E-state index in [0.29, 0.717) is 39.5 Å². The van der Waals surface area contributed by atoms with Crippen LogP contribution in [0.25, 0.3) is 70.3 Å². The summed E-state index contributed by atoms with van der Waals surface area (Å²) in [6.07, 6.45) is 33.9. The number of pyridine rings is 3. The number of nitrogens with two attached hydrogens (primary N) is 1. The largest absolute Gasteiger partial charge is 2.00 e. The number of hydroxylamine groups is 2. The van der Waals surface area contributed by atoms with Gasteiger partial charge in [-0.1, -0.05) is 181 Å². The third-order valence-corrected chi connectivity index (χ3v) is 21.9. The second-order valence-corrected chi connectivity index (χ2v) is 31.4. The molecule has 6 heterocycles. The van der Waals surface area contributed by atoms with Crippen molar-refractivity contribution in [3.63, 3.8) is 0 Å². The van der Waals surface area contributed by atoms with Gasteiger partial charge in [0.05, 0.1) is 62.2 Å². The van der Waals surface area contributed by atoms with Gasteiger partial charge < -0.3 is 65.8 Å². The van der Waals surface area contributed by atoms with Crippen LogP contribution in [0.3, 0.4) is 0 Å². The van der Waals surface area contributed by atoms with Crippen LogP contribution in [0.2, 0.25) is 0 Å². The summed E-state index contributed by atoms with van der Waals surface area (Å²) < 4.78 is 74.7. The predicted octanol–water partition coefficient (Wildman–Crippen LogP) is 13.5. The number of hydrogen-bond acceptors (Lipinski definition) is 21. The molecule has 0 spiro atoms. The number of allylic oxidation sites excluding steroid dienone is 6. The molecule has 19 rings (SSSR count). The quantitative estimate of drug-likeness (QED) is 0.0168. The van der Waals surface area contributed by atoms with Crippen LogP contribution in [0.15, 0.2) is 252 Å². The number of rotatable bonds is 12. The van der Waals surface area contributed by atoms with Gasteiger partial charge in [0.15, 0.2) is 11.6 Å². The Balaban J connectivity index is 0.000000797. The Morgan fingerprint density at radius 3 is 1.30 bits per heavy atom. The molecule has 0 unspecified atom stereocenters. The van der Waals surface area contributed by atoms with E-state index in [4.69, 9.17) is 25.2 Å². The first kappa shape index (κ1) is 122. The minimum atomic E-state index is -4.02. The maximum absolute atomic E-state index is 13.2. The molecule has 1 fully saturated rings. The summed E-state index contributed by atoms with van der Waals surface area (Å²) in [5, 5.41) is 13.3. The number of carbonyl (C=O) groups is 6. The molecule has 32 heteroatoms. The number of piperazine rings is 1. The molecule has 7 aliphatic rings. The predicted molar refractivity (Wildman–Crippen MR) is 545 cm³/mol. The van der Waals surface area contributed by atoms with Gasteiger partial charge >= 0.3 is 70.7 Å². The van der Waals surface area contributed by atoms with E-state index in [1.165, 1.54) is 125 Å². The van der Waals surface area contributed by atoms with Gasteiger partial charge in [-0.3, -0.25) is 47.0 Å². The number of nitrogens with one attached hydrogen (secondary N) is 1. The summed E-state index contributed by atoms with van der Waals surface area (Å²) in [5.74, 6) is -2.03. The Hall–Kier alpha value is -12.6. The smallest absolute Gasteiger partial charge is 1.00 e. The Labute approximate surface area is 862 Å². The number of carboxylic acid groups (broad SMARTS) is 1. The van der Waals surface area contributed by atoms with E-state index in [-0.39, 0.29) is 154 Å². The molecule has 5 N–H and O–H groups in total. The molecule has 726 valence electrons. The summed E-state index contributed by atoms with van der Waals surface area (Å²) in [4.78, 5) is 110. The Bertz CT molecular complexity index is 6530. The van der Waals surface area contributed by atoms with Gasteiger partial charge in [0.25, 0.3) is 27.1 Å². The fourth-order valence-corrected chi connectivity index (χ4v) is 14.3. The molecule has 7 aromatic carbocycles. The van der Waals surface area contributed by atoms with Crippen LogP contribution < -0.4 is 73.6 Å². The maximum Gasteiger partial charge on any atom is 2.00 e. The topological polar surface area (TPSA) is 349 Å². The van der Waals surface area contributed by atoms with E-state index < -0.39 is 34.0 Å². The van der Waals surface area contributed by atoms with Crippen molar-refractivity contribution in [2.75, 3.05) is 86.0 Å². The van der Waals surface area contributed by atoms with Gasteiger partial charge in [-0.05, 0) is 223 Å². The summed E-state index contributed by atoms with van der Waals surface area (Å²) in [7, 11) is 4.53. The number of benzene rings is 7. The zero-order valence-corrected chi connectivity index (χ0v) is 82.8. The molecule has 1 amide bonds. The van der Waals surface area contributed by atoms with E-state index in [9.17, 15) is 55.6 Å². The Morgan fingerprint density at radius 1 is 0.525 bits per heavy atom. The molecular weight excluding hydrogens is 1880 g/mol. The first-order valence-electron chi connectivity index (χ1n) is 41.6. The van der Waals surface area contributed by atoms with Crippen LogP contribution in [0.4, 0.5) is 25.1 Å². The van der Waals surface area contributed by atoms with Crippen molar-refractivity contribution in [2.45, 2.75) is 100 Å². The Morgan fingerprint density at radius 2 is 0.914 bits per heavy atom. The SMILES string of the molecule is C.C.C.C.CC(=O)c1ccc2c(c1)C=CC2.CCOC.COC(=O)CC(=O)c1ccc2c(c1)C=CC2.COC(=O)OC.CON(C)C(=O)c1ccc2c(c1)C=CC2.Cc1ccc(S(=O)(=O)O)cc1.Nc1ccc(F)cn1.O=C(O)c1ccc2c(c1)C=CC2.O=c1cc(-c2ccc3c(c2)C=CC3)nc2ccc(F)cn12.O=c1cc(-c2ccc3c(c2)C=CC3)nc2ccc(N3CCNCC3)cn12.[Br-].[CH3-].[H-].[Mg+2].[Na+]. The normalized spacial score (nSPS) is 12.0. The fourth-order valence-electron chi connectivity index (χ4n) is 13.8. The average molecular weight is 2000 g/mol. The van der Waals surface area contributed by atoms with Crippen molar-refractivity contribution in [1.29, 1.82) is 0 Å². The maximum atomic E-state index is 13.2. The molecule has 6 aliphatic carbocycles. The Kier molecular flexibility index (Phi) is 53.1. The van der Waals surface area contributed by atoms with E-state index in [1.54, 1.807) is 61.9 Å². The number of amides is 1. The third-order valence-electron chi connectivity index (χ3n) is 21.0. The second kappa shape index (κ2) is 60.3. The number of aromatic nitrogens is 5. The van der Waals surface area contributed by atoms with Gasteiger partial charge in [0.1, 0.15) is 35.2 Å². The third kappa shape index (κ3) is 36.0. The number of esters is 1. The number of halogens is 3. The summed E-state index contributed by atoms with van der Waals surface area (Å²) in [6.45, 7) is 10.1. The van der Waals surface area contributed by atoms with Crippen molar-refractivity contribution < 1.29 is 127 Å². The number of nitrogens with zero attached hydrogens (tertiary/aromatic N) is 7. The van der Waals surface area contributed by atoms with Gasteiger partial charge in [-0.15, -0.1) is 0 Å². The summed E-state index contributed by atoms with van der Waals surface area (Å²) in [5.41, 5.74) is 28.0. The number of aromatic carboxylic acids is 1. The van der Waals surface area contributed by atoms with Crippen LogP contribution in [-0.4, -0.2) is 181 Å². The van der Waals surface area contributed by atoms with Gasteiger partial charge in [-0.25, -0.2) is 38.4 Å². The van der Waals surface area contributed by atoms with Crippen LogP contribution in [-0.2, 0) is 77.2 Å². The first-order valence-corrected chi connectivity index (χ1v) is 43.0. The molecule has 0 radical (unpaired) electrons.